The Morgan fingerprint density at radius 3 is 2.39 bits per heavy atom. The van der Waals surface area contributed by atoms with Crippen LogP contribution < -0.4 is 5.73 Å². The molecule has 0 aliphatic carbocycles. The van der Waals surface area contributed by atoms with Crippen molar-refractivity contribution < 1.29 is 4.79 Å². The Bertz CT molecular complexity index is 454. The van der Waals surface area contributed by atoms with Crippen LogP contribution in [-0.4, -0.2) is 23.9 Å². The first-order valence-electron chi connectivity index (χ1n) is 6.02. The zero-order valence-corrected chi connectivity index (χ0v) is 11.2. The number of nitrogens with two attached hydrogens (primary N) is 1. The van der Waals surface area contributed by atoms with Gasteiger partial charge in [-0.3, -0.25) is 4.79 Å². The zero-order valence-electron chi connectivity index (χ0n) is 11.2. The molecular weight excluding hydrogens is 224 g/mol. The molecule has 3 nitrogen and oxygen atoms in total. The topological polar surface area (TPSA) is 46.3 Å². The van der Waals surface area contributed by atoms with Crippen LogP contribution >= 0.6 is 0 Å². The Kier molecular flexibility index (Phi) is 4.38. The predicted octanol–water partition coefficient (Wildman–Crippen LogP) is 2.03. The molecule has 0 heterocycles. The first-order chi connectivity index (χ1) is 8.43. The van der Waals surface area contributed by atoms with E-state index in [-0.39, 0.29) is 5.91 Å². The fraction of sp³-hybridized carbons (Fsp3) is 0.400. The molecular formula is C15H20N2O. The summed E-state index contributed by atoms with van der Waals surface area (Å²) in [6.45, 7) is 6.68. The lowest BCUT2D eigenvalue weighted by Crippen LogP contribution is -2.43. The van der Waals surface area contributed by atoms with Crippen molar-refractivity contribution in [2.24, 2.45) is 0 Å². The average molecular weight is 244 g/mol. The number of rotatable bonds is 4. The van der Waals surface area contributed by atoms with Crippen LogP contribution in [0.3, 0.4) is 0 Å². The van der Waals surface area contributed by atoms with Crippen molar-refractivity contribution in [2.75, 3.05) is 18.8 Å². The summed E-state index contributed by atoms with van der Waals surface area (Å²) in [4.78, 5) is 14.1. The quantitative estimate of drug-likeness (QED) is 0.650. The Morgan fingerprint density at radius 1 is 1.39 bits per heavy atom. The third kappa shape index (κ3) is 2.84. The van der Waals surface area contributed by atoms with Gasteiger partial charge in [0.1, 0.15) is 0 Å². The normalized spacial score (nSPS) is 10.8. The number of carbonyl (C=O) groups is 1. The highest BCUT2D eigenvalue weighted by molar-refractivity contribution is 5.87. The number of amides is 1. The Morgan fingerprint density at radius 2 is 1.94 bits per heavy atom. The van der Waals surface area contributed by atoms with Crippen molar-refractivity contribution in [3.05, 3.63) is 29.8 Å². The average Bonchev–Trinajstić information content (AvgIpc) is 2.35. The molecule has 0 fully saturated rings. The number of nitrogens with zero attached hydrogens (tertiary/aromatic N) is 1. The highest BCUT2D eigenvalue weighted by Gasteiger charge is 2.32. The molecule has 0 saturated carbocycles. The minimum Gasteiger partial charge on any atom is -0.399 e. The fourth-order valence-corrected chi connectivity index (χ4v) is 1.86. The molecule has 1 aromatic carbocycles. The van der Waals surface area contributed by atoms with E-state index in [4.69, 9.17) is 12.2 Å². The van der Waals surface area contributed by atoms with Gasteiger partial charge in [0.15, 0.2) is 0 Å². The van der Waals surface area contributed by atoms with E-state index in [1.807, 2.05) is 45.0 Å². The van der Waals surface area contributed by atoms with Crippen molar-refractivity contribution in [3.8, 4) is 12.3 Å². The number of carbonyl (C=O) groups excluding carboxylic acids is 1. The molecule has 1 aromatic rings. The van der Waals surface area contributed by atoms with Gasteiger partial charge < -0.3 is 10.6 Å². The SMILES string of the molecule is C#CCN(CC)C(=O)C(C)(C)c1ccc(N)cc1. The second-order valence-electron chi connectivity index (χ2n) is 4.77. The van der Waals surface area contributed by atoms with Crippen LogP contribution in [0.15, 0.2) is 24.3 Å². The lowest BCUT2D eigenvalue weighted by Gasteiger charge is -2.30. The maximum Gasteiger partial charge on any atom is 0.233 e. The van der Waals surface area contributed by atoms with E-state index in [0.717, 1.165) is 5.56 Å². The second kappa shape index (κ2) is 5.59. The van der Waals surface area contributed by atoms with E-state index in [2.05, 4.69) is 5.92 Å². The van der Waals surface area contributed by atoms with Crippen LogP contribution in [0.25, 0.3) is 0 Å². The highest BCUT2D eigenvalue weighted by Crippen LogP contribution is 2.26. The molecule has 0 saturated heterocycles. The summed E-state index contributed by atoms with van der Waals surface area (Å²) in [6.07, 6.45) is 5.28. The molecule has 0 aromatic heterocycles. The molecule has 1 amide bonds. The van der Waals surface area contributed by atoms with Gasteiger partial charge in [-0.15, -0.1) is 6.42 Å². The molecule has 2 N–H and O–H groups in total. The maximum absolute atomic E-state index is 12.5. The number of likely N-dealkylation sites (N-methyl/N-ethyl adjacent to an activating group) is 1. The van der Waals surface area contributed by atoms with Crippen LogP contribution in [0.5, 0.6) is 0 Å². The molecule has 0 unspecified atom stereocenters. The largest absolute Gasteiger partial charge is 0.399 e. The van der Waals surface area contributed by atoms with Crippen molar-refractivity contribution in [3.63, 3.8) is 0 Å². The van der Waals surface area contributed by atoms with E-state index < -0.39 is 5.41 Å². The fourth-order valence-electron chi connectivity index (χ4n) is 1.86. The number of terminal acetylenes is 1. The first-order valence-corrected chi connectivity index (χ1v) is 6.02. The van der Waals surface area contributed by atoms with Gasteiger partial charge in [0.2, 0.25) is 5.91 Å². The van der Waals surface area contributed by atoms with Crippen LogP contribution in [0.2, 0.25) is 0 Å². The molecule has 0 radical (unpaired) electrons. The van der Waals surface area contributed by atoms with E-state index in [9.17, 15) is 4.79 Å². The lowest BCUT2D eigenvalue weighted by molar-refractivity contribution is -0.135. The van der Waals surface area contributed by atoms with Crippen LogP contribution in [0.1, 0.15) is 26.3 Å². The predicted molar refractivity (Wildman–Crippen MR) is 75.0 cm³/mol. The smallest absolute Gasteiger partial charge is 0.233 e. The van der Waals surface area contributed by atoms with Gasteiger partial charge in [-0.05, 0) is 38.5 Å². The van der Waals surface area contributed by atoms with Gasteiger partial charge in [0, 0.05) is 12.2 Å². The number of hydrogen-bond acceptors (Lipinski definition) is 2. The summed E-state index contributed by atoms with van der Waals surface area (Å²) in [7, 11) is 0. The van der Waals surface area contributed by atoms with E-state index in [0.29, 0.717) is 18.8 Å². The van der Waals surface area contributed by atoms with Gasteiger partial charge in [0.25, 0.3) is 0 Å². The molecule has 0 aliphatic rings. The maximum atomic E-state index is 12.5. The summed E-state index contributed by atoms with van der Waals surface area (Å²) in [5.74, 6) is 2.55. The van der Waals surface area contributed by atoms with Crippen LogP contribution in [0.4, 0.5) is 5.69 Å². The Labute approximate surface area is 109 Å². The molecule has 18 heavy (non-hydrogen) atoms. The first kappa shape index (κ1) is 14.1. The monoisotopic (exact) mass is 244 g/mol. The third-order valence-corrected chi connectivity index (χ3v) is 3.12. The van der Waals surface area contributed by atoms with Crippen molar-refractivity contribution >= 4 is 11.6 Å². The highest BCUT2D eigenvalue weighted by atomic mass is 16.2. The standard InChI is InChI=1S/C15H20N2O/c1-5-11-17(6-2)14(18)15(3,4)12-7-9-13(16)10-8-12/h1,7-10H,6,11,16H2,2-4H3. The van der Waals surface area contributed by atoms with Crippen LogP contribution in [-0.2, 0) is 10.2 Å². The molecule has 0 spiro atoms. The van der Waals surface area contributed by atoms with Crippen molar-refractivity contribution in [2.45, 2.75) is 26.2 Å². The molecule has 1 rings (SSSR count). The number of hydrogen-bond donors (Lipinski definition) is 1. The van der Waals surface area contributed by atoms with Crippen molar-refractivity contribution in [1.29, 1.82) is 0 Å². The number of nitrogen functional groups attached to an aromatic ring is 1. The van der Waals surface area contributed by atoms with E-state index in [1.54, 1.807) is 4.90 Å². The minimum atomic E-state index is -0.597. The van der Waals surface area contributed by atoms with Crippen molar-refractivity contribution in [1.82, 2.24) is 4.90 Å². The number of benzene rings is 1. The Balaban J connectivity index is 3.01. The molecule has 3 heteroatoms. The van der Waals surface area contributed by atoms with Gasteiger partial charge in [-0.25, -0.2) is 0 Å². The second-order valence-corrected chi connectivity index (χ2v) is 4.77. The van der Waals surface area contributed by atoms with E-state index in [1.165, 1.54) is 0 Å². The van der Waals surface area contributed by atoms with Gasteiger partial charge in [0.05, 0.1) is 12.0 Å². The lowest BCUT2D eigenvalue weighted by atomic mass is 9.83. The summed E-state index contributed by atoms with van der Waals surface area (Å²) >= 11 is 0. The van der Waals surface area contributed by atoms with E-state index >= 15 is 0 Å². The summed E-state index contributed by atoms with van der Waals surface area (Å²) < 4.78 is 0. The number of anilines is 1. The third-order valence-electron chi connectivity index (χ3n) is 3.12. The van der Waals surface area contributed by atoms with Crippen LogP contribution in [0, 0.1) is 12.3 Å². The zero-order chi connectivity index (χ0) is 13.8. The minimum absolute atomic E-state index is 0.0349. The molecule has 0 bridgehead atoms. The molecule has 96 valence electrons. The summed E-state index contributed by atoms with van der Waals surface area (Å²) in [5.41, 5.74) is 6.70. The molecule has 0 atom stereocenters. The Hall–Kier alpha value is -1.95. The van der Waals surface area contributed by atoms with Gasteiger partial charge >= 0.3 is 0 Å². The summed E-state index contributed by atoms with van der Waals surface area (Å²) in [5, 5.41) is 0. The van der Waals surface area contributed by atoms with Gasteiger partial charge in [-0.1, -0.05) is 18.1 Å². The van der Waals surface area contributed by atoms with Gasteiger partial charge in [-0.2, -0.15) is 0 Å². The molecule has 0 aliphatic heterocycles. The summed E-state index contributed by atoms with van der Waals surface area (Å²) in [6, 6.07) is 7.39.